The third-order valence-corrected chi connectivity index (χ3v) is 5.89. The number of piperidine rings is 1. The maximum Gasteiger partial charge on any atom is 0.415 e. The monoisotopic (exact) mass is 355 g/mol. The Balaban J connectivity index is 1.67. The molecule has 1 aromatic rings. The van der Waals surface area contributed by atoms with Crippen LogP contribution in [0.15, 0.2) is 24.3 Å². The van der Waals surface area contributed by atoms with Crippen molar-refractivity contribution in [3.05, 3.63) is 35.4 Å². The fourth-order valence-corrected chi connectivity index (χ4v) is 4.40. The van der Waals surface area contributed by atoms with Crippen molar-refractivity contribution in [3.63, 3.8) is 0 Å². The van der Waals surface area contributed by atoms with Crippen molar-refractivity contribution in [1.82, 2.24) is 4.90 Å². The summed E-state index contributed by atoms with van der Waals surface area (Å²) >= 11 is 0. The Labute approximate surface area is 148 Å². The van der Waals surface area contributed by atoms with E-state index in [0.29, 0.717) is 5.92 Å². The van der Waals surface area contributed by atoms with E-state index in [9.17, 15) is 18.3 Å². The van der Waals surface area contributed by atoms with Crippen LogP contribution >= 0.6 is 0 Å². The molecule has 1 N–H and O–H groups in total. The van der Waals surface area contributed by atoms with Crippen LogP contribution in [0.4, 0.5) is 13.2 Å². The zero-order valence-corrected chi connectivity index (χ0v) is 15.2. The summed E-state index contributed by atoms with van der Waals surface area (Å²) in [5.41, 5.74) is 2.71. The van der Waals surface area contributed by atoms with E-state index in [1.165, 1.54) is 11.1 Å². The van der Waals surface area contributed by atoms with Gasteiger partial charge in [0.25, 0.3) is 0 Å². The van der Waals surface area contributed by atoms with Gasteiger partial charge in [-0.3, -0.25) is 4.90 Å². The van der Waals surface area contributed by atoms with Gasteiger partial charge in [-0.1, -0.05) is 45.0 Å². The van der Waals surface area contributed by atoms with Crippen molar-refractivity contribution >= 4 is 0 Å². The number of nitrogens with zero attached hydrogens (tertiary/aromatic N) is 1. The lowest BCUT2D eigenvalue weighted by molar-refractivity contribution is -0.210. The second-order valence-corrected chi connectivity index (χ2v) is 8.68. The lowest BCUT2D eigenvalue weighted by Crippen LogP contribution is -2.49. The van der Waals surface area contributed by atoms with Gasteiger partial charge in [-0.05, 0) is 48.1 Å². The van der Waals surface area contributed by atoms with Crippen LogP contribution in [0.1, 0.15) is 63.5 Å². The molecule has 3 rings (SSSR count). The lowest BCUT2D eigenvalue weighted by Gasteiger charge is -2.40. The number of alkyl halides is 3. The summed E-state index contributed by atoms with van der Waals surface area (Å²) in [5.74, 6) is 0.408. The summed E-state index contributed by atoms with van der Waals surface area (Å²) < 4.78 is 38.0. The van der Waals surface area contributed by atoms with Gasteiger partial charge < -0.3 is 5.11 Å². The number of benzene rings is 1. The van der Waals surface area contributed by atoms with Crippen molar-refractivity contribution in [2.75, 3.05) is 6.54 Å². The van der Waals surface area contributed by atoms with Crippen LogP contribution in [0.2, 0.25) is 0 Å². The van der Waals surface area contributed by atoms with Crippen LogP contribution < -0.4 is 0 Å². The zero-order chi connectivity index (χ0) is 18.4. The van der Waals surface area contributed by atoms with Crippen LogP contribution in [-0.4, -0.2) is 40.9 Å². The fraction of sp³-hybridized carbons (Fsp3) is 0.700. The first-order valence-corrected chi connectivity index (χ1v) is 9.16. The Morgan fingerprint density at radius 3 is 2.00 bits per heavy atom. The van der Waals surface area contributed by atoms with E-state index in [1.54, 1.807) is 0 Å². The highest BCUT2D eigenvalue weighted by molar-refractivity contribution is 5.30. The van der Waals surface area contributed by atoms with Gasteiger partial charge in [0.15, 0.2) is 6.10 Å². The predicted octanol–water partition coefficient (Wildman–Crippen LogP) is 4.62. The van der Waals surface area contributed by atoms with Crippen LogP contribution in [0.5, 0.6) is 0 Å². The minimum Gasteiger partial charge on any atom is -0.382 e. The second kappa shape index (κ2) is 6.58. The maximum atomic E-state index is 12.7. The molecule has 0 radical (unpaired) electrons. The van der Waals surface area contributed by atoms with Gasteiger partial charge in [-0.25, -0.2) is 0 Å². The molecule has 0 amide bonds. The summed E-state index contributed by atoms with van der Waals surface area (Å²) in [7, 11) is 0. The van der Waals surface area contributed by atoms with Crippen LogP contribution in [0.25, 0.3) is 0 Å². The van der Waals surface area contributed by atoms with E-state index >= 15 is 0 Å². The van der Waals surface area contributed by atoms with Crippen LogP contribution in [0.3, 0.4) is 0 Å². The van der Waals surface area contributed by atoms with Gasteiger partial charge >= 0.3 is 6.18 Å². The van der Waals surface area contributed by atoms with Gasteiger partial charge in [-0.15, -0.1) is 0 Å². The average molecular weight is 355 g/mol. The highest BCUT2D eigenvalue weighted by Gasteiger charge is 2.46. The molecule has 0 aromatic heterocycles. The van der Waals surface area contributed by atoms with Crippen molar-refractivity contribution in [2.45, 2.75) is 82.2 Å². The average Bonchev–Trinajstić information content (AvgIpc) is 2.75. The molecule has 2 bridgehead atoms. The molecule has 2 heterocycles. The first kappa shape index (κ1) is 18.7. The predicted molar refractivity (Wildman–Crippen MR) is 92.7 cm³/mol. The van der Waals surface area contributed by atoms with Crippen LogP contribution in [-0.2, 0) is 5.41 Å². The molecule has 2 aliphatic heterocycles. The third-order valence-electron chi connectivity index (χ3n) is 5.89. The summed E-state index contributed by atoms with van der Waals surface area (Å²) in [6.45, 7) is 6.28. The highest BCUT2D eigenvalue weighted by atomic mass is 19.4. The molecule has 0 spiro atoms. The van der Waals surface area contributed by atoms with Crippen molar-refractivity contribution in [2.24, 2.45) is 0 Å². The van der Waals surface area contributed by atoms with E-state index in [4.69, 9.17) is 0 Å². The molecule has 1 aromatic carbocycles. The minimum atomic E-state index is -4.53. The summed E-state index contributed by atoms with van der Waals surface area (Å²) in [4.78, 5) is 1.90. The van der Waals surface area contributed by atoms with E-state index in [0.717, 1.165) is 25.7 Å². The van der Waals surface area contributed by atoms with E-state index < -0.39 is 12.3 Å². The number of rotatable bonds is 3. The number of hydrogen-bond donors (Lipinski definition) is 1. The smallest absolute Gasteiger partial charge is 0.382 e. The number of aliphatic hydroxyl groups is 1. The van der Waals surface area contributed by atoms with Crippen molar-refractivity contribution < 1.29 is 18.3 Å². The molecule has 0 aliphatic carbocycles. The van der Waals surface area contributed by atoms with Gasteiger partial charge in [0.05, 0.1) is 0 Å². The summed E-state index contributed by atoms with van der Waals surface area (Å²) in [6.07, 6.45) is -3.12. The highest BCUT2D eigenvalue weighted by Crippen LogP contribution is 2.43. The quantitative estimate of drug-likeness (QED) is 0.855. The molecule has 2 fully saturated rings. The largest absolute Gasteiger partial charge is 0.415 e. The number of halogens is 3. The maximum absolute atomic E-state index is 12.7. The number of fused-ring (bicyclic) bond motifs is 2. The molecule has 2 unspecified atom stereocenters. The molecule has 5 heteroatoms. The first-order valence-electron chi connectivity index (χ1n) is 9.16. The SMILES string of the molecule is CC(C)(C)c1ccc(C2C[C@H]3CC[C@@H](C2)N3CC(O)C(F)(F)F)cc1. The second-order valence-electron chi connectivity index (χ2n) is 8.68. The van der Waals surface area contributed by atoms with Gasteiger partial charge in [0.2, 0.25) is 0 Å². The number of aliphatic hydroxyl groups excluding tert-OH is 1. The Hall–Kier alpha value is -1.07. The van der Waals surface area contributed by atoms with Crippen molar-refractivity contribution in [3.8, 4) is 0 Å². The topological polar surface area (TPSA) is 23.5 Å². The summed E-state index contributed by atoms with van der Waals surface area (Å²) in [6, 6.07) is 9.04. The van der Waals surface area contributed by atoms with Crippen molar-refractivity contribution in [1.29, 1.82) is 0 Å². The normalized spacial score (nSPS) is 29.0. The van der Waals surface area contributed by atoms with E-state index in [1.807, 2.05) is 4.90 Å². The zero-order valence-electron chi connectivity index (χ0n) is 15.2. The molecule has 2 nitrogen and oxygen atoms in total. The number of hydrogen-bond acceptors (Lipinski definition) is 2. The van der Waals surface area contributed by atoms with Gasteiger partial charge in [0.1, 0.15) is 0 Å². The Morgan fingerprint density at radius 1 is 1.04 bits per heavy atom. The third kappa shape index (κ3) is 4.03. The molecule has 0 saturated carbocycles. The lowest BCUT2D eigenvalue weighted by atomic mass is 9.82. The Kier molecular flexibility index (Phi) is 4.93. The molecule has 25 heavy (non-hydrogen) atoms. The Morgan fingerprint density at radius 2 is 1.56 bits per heavy atom. The van der Waals surface area contributed by atoms with E-state index in [-0.39, 0.29) is 24.0 Å². The molecule has 2 aliphatic rings. The van der Waals surface area contributed by atoms with Gasteiger partial charge in [-0.2, -0.15) is 13.2 Å². The molecule has 2 saturated heterocycles. The molecular formula is C20H28F3NO. The minimum absolute atomic E-state index is 0.120. The van der Waals surface area contributed by atoms with Gasteiger partial charge in [0, 0.05) is 18.6 Å². The fourth-order valence-electron chi connectivity index (χ4n) is 4.40. The van der Waals surface area contributed by atoms with Crippen LogP contribution in [0, 0.1) is 0 Å². The molecule has 140 valence electrons. The summed E-state index contributed by atoms with van der Waals surface area (Å²) in [5, 5.41) is 9.42. The molecule has 4 atom stereocenters. The first-order chi connectivity index (χ1) is 11.6. The Bertz CT molecular complexity index is 576. The molecular weight excluding hydrogens is 327 g/mol. The van der Waals surface area contributed by atoms with E-state index in [2.05, 4.69) is 45.0 Å². The standard InChI is InChI=1S/C20H28F3NO/c1-19(2,3)15-6-4-13(5-7-15)14-10-16-8-9-17(11-14)24(16)12-18(25)20(21,22)23/h4-7,14,16-18,25H,8-12H2,1-3H3/t14?,16-,17+,18?.